The molecule has 0 aliphatic carbocycles. The highest BCUT2D eigenvalue weighted by atomic mass is 79.9. The van der Waals surface area contributed by atoms with Crippen molar-refractivity contribution in [1.82, 2.24) is 4.98 Å². The summed E-state index contributed by atoms with van der Waals surface area (Å²) in [6.45, 7) is 0. The number of hydrogen-bond acceptors (Lipinski definition) is 1. The summed E-state index contributed by atoms with van der Waals surface area (Å²) in [5.41, 5.74) is 4.22. The fraction of sp³-hybridized carbons (Fsp3) is 0. The standard InChI is InChI=1S/C17H12BrN/c18-15-10-5-4-9-14(15)17-12-6-11-16(19-17)13-7-2-1-3-8-13/h1-12H. The summed E-state index contributed by atoms with van der Waals surface area (Å²) in [6, 6.07) is 24.5. The molecule has 0 aliphatic rings. The van der Waals surface area contributed by atoms with E-state index in [1.807, 2.05) is 54.6 Å². The largest absolute Gasteiger partial charge is 0.248 e. The molecular weight excluding hydrogens is 298 g/mol. The average Bonchev–Trinajstić information content (AvgIpc) is 2.49. The van der Waals surface area contributed by atoms with E-state index >= 15 is 0 Å². The Bertz CT molecular complexity index is 692. The zero-order valence-corrected chi connectivity index (χ0v) is 11.8. The van der Waals surface area contributed by atoms with Crippen molar-refractivity contribution < 1.29 is 0 Å². The lowest BCUT2D eigenvalue weighted by atomic mass is 10.1. The first-order valence-corrected chi connectivity index (χ1v) is 6.91. The number of hydrogen-bond donors (Lipinski definition) is 0. The highest BCUT2D eigenvalue weighted by Crippen LogP contribution is 2.28. The number of aromatic nitrogens is 1. The molecule has 19 heavy (non-hydrogen) atoms. The van der Waals surface area contributed by atoms with Gasteiger partial charge in [0.1, 0.15) is 0 Å². The van der Waals surface area contributed by atoms with Crippen molar-refractivity contribution in [2.24, 2.45) is 0 Å². The smallest absolute Gasteiger partial charge is 0.0720 e. The number of pyridine rings is 1. The Balaban J connectivity index is 2.09. The molecule has 0 fully saturated rings. The zero-order valence-electron chi connectivity index (χ0n) is 10.3. The molecule has 1 nitrogen and oxygen atoms in total. The van der Waals surface area contributed by atoms with Crippen LogP contribution in [0.2, 0.25) is 0 Å². The molecule has 3 rings (SSSR count). The van der Waals surface area contributed by atoms with Gasteiger partial charge in [-0.25, -0.2) is 4.98 Å². The van der Waals surface area contributed by atoms with Crippen molar-refractivity contribution >= 4 is 15.9 Å². The predicted octanol–water partition coefficient (Wildman–Crippen LogP) is 5.18. The highest BCUT2D eigenvalue weighted by molar-refractivity contribution is 9.10. The minimum absolute atomic E-state index is 0.980. The van der Waals surface area contributed by atoms with Crippen molar-refractivity contribution in [3.63, 3.8) is 0 Å². The second kappa shape index (κ2) is 5.37. The molecule has 0 amide bonds. The summed E-state index contributed by atoms with van der Waals surface area (Å²) in [7, 11) is 0. The summed E-state index contributed by atoms with van der Waals surface area (Å²) >= 11 is 3.57. The molecule has 0 radical (unpaired) electrons. The molecule has 0 N–H and O–H groups in total. The first-order chi connectivity index (χ1) is 9.34. The summed E-state index contributed by atoms with van der Waals surface area (Å²) < 4.78 is 1.06. The summed E-state index contributed by atoms with van der Waals surface area (Å²) in [4.78, 5) is 4.74. The quantitative estimate of drug-likeness (QED) is 0.635. The van der Waals surface area contributed by atoms with Crippen LogP contribution in [-0.2, 0) is 0 Å². The SMILES string of the molecule is Brc1ccccc1-c1cccc(-c2ccccc2)n1. The molecule has 0 bridgehead atoms. The van der Waals surface area contributed by atoms with E-state index in [1.54, 1.807) is 0 Å². The zero-order chi connectivity index (χ0) is 13.1. The molecule has 1 aromatic heterocycles. The van der Waals surface area contributed by atoms with Crippen LogP contribution in [-0.4, -0.2) is 4.98 Å². The van der Waals surface area contributed by atoms with E-state index in [9.17, 15) is 0 Å². The van der Waals surface area contributed by atoms with Gasteiger partial charge in [-0.2, -0.15) is 0 Å². The predicted molar refractivity (Wildman–Crippen MR) is 82.8 cm³/mol. The van der Waals surface area contributed by atoms with Gasteiger partial charge in [0.25, 0.3) is 0 Å². The van der Waals surface area contributed by atoms with Crippen LogP contribution in [0.5, 0.6) is 0 Å². The van der Waals surface area contributed by atoms with E-state index in [1.165, 1.54) is 0 Å². The third-order valence-corrected chi connectivity index (χ3v) is 3.66. The molecule has 0 saturated heterocycles. The summed E-state index contributed by atoms with van der Waals surface area (Å²) in [5.74, 6) is 0. The van der Waals surface area contributed by atoms with E-state index in [-0.39, 0.29) is 0 Å². The van der Waals surface area contributed by atoms with E-state index in [4.69, 9.17) is 4.98 Å². The molecule has 2 aromatic carbocycles. The van der Waals surface area contributed by atoms with E-state index in [2.05, 4.69) is 34.1 Å². The third kappa shape index (κ3) is 2.59. The van der Waals surface area contributed by atoms with Crippen LogP contribution in [0.15, 0.2) is 77.3 Å². The molecule has 3 aromatic rings. The summed E-state index contributed by atoms with van der Waals surface area (Å²) in [5, 5.41) is 0. The molecule has 1 heterocycles. The molecule has 0 spiro atoms. The number of benzene rings is 2. The number of halogens is 1. The Morgan fingerprint density at radius 1 is 0.632 bits per heavy atom. The minimum Gasteiger partial charge on any atom is -0.248 e. The van der Waals surface area contributed by atoms with Gasteiger partial charge < -0.3 is 0 Å². The van der Waals surface area contributed by atoms with Gasteiger partial charge in [-0.05, 0) is 18.2 Å². The molecular formula is C17H12BrN. The van der Waals surface area contributed by atoms with Crippen molar-refractivity contribution in [3.05, 3.63) is 77.3 Å². The molecule has 2 heteroatoms. The molecule has 0 aliphatic heterocycles. The Morgan fingerprint density at radius 2 is 1.32 bits per heavy atom. The first kappa shape index (κ1) is 12.1. The van der Waals surface area contributed by atoms with Crippen LogP contribution in [0, 0.1) is 0 Å². The van der Waals surface area contributed by atoms with Crippen LogP contribution in [0.3, 0.4) is 0 Å². The van der Waals surface area contributed by atoms with Crippen molar-refractivity contribution in [3.8, 4) is 22.5 Å². The number of nitrogens with zero attached hydrogens (tertiary/aromatic N) is 1. The van der Waals surface area contributed by atoms with Gasteiger partial charge in [0, 0.05) is 15.6 Å². The van der Waals surface area contributed by atoms with Crippen molar-refractivity contribution in [2.45, 2.75) is 0 Å². The lowest BCUT2D eigenvalue weighted by Gasteiger charge is -2.06. The normalized spacial score (nSPS) is 10.4. The Hall–Kier alpha value is -1.93. The van der Waals surface area contributed by atoms with E-state index in [0.717, 1.165) is 27.0 Å². The van der Waals surface area contributed by atoms with E-state index in [0.29, 0.717) is 0 Å². The first-order valence-electron chi connectivity index (χ1n) is 6.12. The molecule has 0 saturated carbocycles. The van der Waals surface area contributed by atoms with Crippen molar-refractivity contribution in [1.29, 1.82) is 0 Å². The van der Waals surface area contributed by atoms with Gasteiger partial charge >= 0.3 is 0 Å². The van der Waals surface area contributed by atoms with E-state index < -0.39 is 0 Å². The second-order valence-corrected chi connectivity index (χ2v) is 5.11. The van der Waals surface area contributed by atoms with Gasteiger partial charge in [-0.15, -0.1) is 0 Å². The lowest BCUT2D eigenvalue weighted by Crippen LogP contribution is -1.88. The van der Waals surface area contributed by atoms with Gasteiger partial charge in [0.15, 0.2) is 0 Å². The fourth-order valence-electron chi connectivity index (χ4n) is 2.02. The molecule has 0 unspecified atom stereocenters. The minimum atomic E-state index is 0.980. The monoisotopic (exact) mass is 309 g/mol. The highest BCUT2D eigenvalue weighted by Gasteiger charge is 2.05. The van der Waals surface area contributed by atoms with Crippen LogP contribution in [0.1, 0.15) is 0 Å². The number of rotatable bonds is 2. The van der Waals surface area contributed by atoms with Crippen molar-refractivity contribution in [2.75, 3.05) is 0 Å². The lowest BCUT2D eigenvalue weighted by molar-refractivity contribution is 1.32. The maximum atomic E-state index is 4.74. The Labute approximate surface area is 121 Å². The second-order valence-electron chi connectivity index (χ2n) is 4.25. The van der Waals surface area contributed by atoms with Crippen LogP contribution < -0.4 is 0 Å². The third-order valence-electron chi connectivity index (χ3n) is 2.97. The maximum Gasteiger partial charge on any atom is 0.0720 e. The Kier molecular flexibility index (Phi) is 3.43. The van der Waals surface area contributed by atoms with Crippen LogP contribution in [0.4, 0.5) is 0 Å². The van der Waals surface area contributed by atoms with Crippen LogP contribution in [0.25, 0.3) is 22.5 Å². The maximum absolute atomic E-state index is 4.74. The Morgan fingerprint density at radius 3 is 2.11 bits per heavy atom. The molecule has 92 valence electrons. The topological polar surface area (TPSA) is 12.9 Å². The molecule has 0 atom stereocenters. The fourth-order valence-corrected chi connectivity index (χ4v) is 2.51. The van der Waals surface area contributed by atoms with Crippen LogP contribution >= 0.6 is 15.9 Å². The van der Waals surface area contributed by atoms with Gasteiger partial charge in [0.05, 0.1) is 11.4 Å². The average molecular weight is 310 g/mol. The van der Waals surface area contributed by atoms with Gasteiger partial charge in [0.2, 0.25) is 0 Å². The summed E-state index contributed by atoms with van der Waals surface area (Å²) in [6.07, 6.45) is 0. The van der Waals surface area contributed by atoms with Gasteiger partial charge in [-0.1, -0.05) is 70.5 Å². The van der Waals surface area contributed by atoms with Gasteiger partial charge in [-0.3, -0.25) is 0 Å².